The second kappa shape index (κ2) is 8.44. The highest BCUT2D eigenvalue weighted by Gasteiger charge is 2.25. The van der Waals surface area contributed by atoms with Crippen LogP contribution in [0, 0.1) is 6.92 Å². The molecule has 0 fully saturated rings. The summed E-state index contributed by atoms with van der Waals surface area (Å²) in [6, 6.07) is 10.6. The van der Waals surface area contributed by atoms with Crippen molar-refractivity contribution in [3.63, 3.8) is 0 Å². The van der Waals surface area contributed by atoms with Gasteiger partial charge in [-0.25, -0.2) is 4.98 Å². The third-order valence-electron chi connectivity index (χ3n) is 4.55. The zero-order chi connectivity index (χ0) is 20.3. The molecule has 7 heteroatoms. The number of benzene rings is 1. The first kappa shape index (κ1) is 19.9. The molecule has 3 rings (SSSR count). The van der Waals surface area contributed by atoms with Crippen molar-refractivity contribution in [1.29, 1.82) is 0 Å². The highest BCUT2D eigenvalue weighted by molar-refractivity contribution is 6.31. The normalized spacial score (nSPS) is 12.1. The number of fused-ring (bicyclic) bond motifs is 1. The van der Waals surface area contributed by atoms with E-state index in [4.69, 9.17) is 16.3 Å². The smallest absolute Gasteiger partial charge is 0.303 e. The minimum absolute atomic E-state index is 0.0174. The van der Waals surface area contributed by atoms with Gasteiger partial charge in [0.1, 0.15) is 5.69 Å². The number of Topliss-reactive ketones (excluding diaryl/α,β-unsaturated/α-hetero) is 1. The van der Waals surface area contributed by atoms with E-state index in [0.29, 0.717) is 40.0 Å². The fourth-order valence-electron chi connectivity index (χ4n) is 3.39. The lowest BCUT2D eigenvalue weighted by atomic mass is 9.89. The van der Waals surface area contributed by atoms with Gasteiger partial charge >= 0.3 is 5.97 Å². The molecular formula is C21H21ClN2O4. The monoisotopic (exact) mass is 400 g/mol. The summed E-state index contributed by atoms with van der Waals surface area (Å²) in [6.07, 6.45) is 1.59. The van der Waals surface area contributed by atoms with Gasteiger partial charge in [0.15, 0.2) is 17.2 Å². The highest BCUT2D eigenvalue weighted by atomic mass is 35.5. The van der Waals surface area contributed by atoms with E-state index in [0.717, 1.165) is 0 Å². The van der Waals surface area contributed by atoms with Crippen LogP contribution in [0.3, 0.4) is 0 Å². The van der Waals surface area contributed by atoms with Crippen LogP contribution in [0.2, 0.25) is 5.02 Å². The number of imidazole rings is 1. The van der Waals surface area contributed by atoms with Gasteiger partial charge in [0.05, 0.1) is 18.7 Å². The summed E-state index contributed by atoms with van der Waals surface area (Å²) in [4.78, 5) is 29.0. The molecular weight excluding hydrogens is 380 g/mol. The number of halogens is 1. The third kappa shape index (κ3) is 4.02. The maximum Gasteiger partial charge on any atom is 0.303 e. The van der Waals surface area contributed by atoms with Crippen LogP contribution < -0.4 is 4.74 Å². The average molecular weight is 401 g/mol. The van der Waals surface area contributed by atoms with Crippen LogP contribution in [0.1, 0.15) is 47.4 Å². The van der Waals surface area contributed by atoms with Gasteiger partial charge in [-0.15, -0.1) is 0 Å². The summed E-state index contributed by atoms with van der Waals surface area (Å²) in [5.41, 5.74) is 2.23. The minimum Gasteiger partial charge on any atom is -0.490 e. The lowest BCUT2D eigenvalue weighted by molar-refractivity contribution is -0.137. The van der Waals surface area contributed by atoms with Crippen molar-refractivity contribution >= 4 is 29.0 Å². The number of carboxylic acid groups (broad SMARTS) is 1. The first-order valence-corrected chi connectivity index (χ1v) is 9.40. The van der Waals surface area contributed by atoms with E-state index in [2.05, 4.69) is 4.98 Å². The van der Waals surface area contributed by atoms with Crippen LogP contribution in [0.5, 0.6) is 5.75 Å². The Kier molecular flexibility index (Phi) is 5.99. The molecule has 2 heterocycles. The van der Waals surface area contributed by atoms with Crippen molar-refractivity contribution in [3.05, 3.63) is 64.6 Å². The van der Waals surface area contributed by atoms with E-state index in [1.54, 1.807) is 53.9 Å². The van der Waals surface area contributed by atoms with E-state index >= 15 is 0 Å². The molecule has 1 atom stereocenters. The SMILES string of the molecule is CCOc1cccn2c(C(=O)C[C@@H](CC(=O)O)c3ccccc3Cl)c(C)nc12. The first-order chi connectivity index (χ1) is 13.4. The van der Waals surface area contributed by atoms with Crippen molar-refractivity contribution in [3.8, 4) is 5.75 Å². The van der Waals surface area contributed by atoms with E-state index in [-0.39, 0.29) is 18.6 Å². The number of carboxylic acids is 1. The van der Waals surface area contributed by atoms with E-state index in [1.165, 1.54) is 0 Å². The summed E-state index contributed by atoms with van der Waals surface area (Å²) in [5.74, 6) is -1.10. The predicted octanol–water partition coefficient (Wildman–Crippen LogP) is 4.53. The largest absolute Gasteiger partial charge is 0.490 e. The number of ether oxygens (including phenoxy) is 1. The van der Waals surface area contributed by atoms with E-state index < -0.39 is 11.9 Å². The highest BCUT2D eigenvalue weighted by Crippen LogP contribution is 2.32. The molecule has 0 saturated carbocycles. The molecule has 0 amide bonds. The van der Waals surface area contributed by atoms with Crippen molar-refractivity contribution in [2.24, 2.45) is 0 Å². The summed E-state index contributed by atoms with van der Waals surface area (Å²) < 4.78 is 7.30. The molecule has 2 aromatic heterocycles. The van der Waals surface area contributed by atoms with Crippen molar-refractivity contribution in [2.45, 2.75) is 32.6 Å². The fourth-order valence-corrected chi connectivity index (χ4v) is 3.68. The van der Waals surface area contributed by atoms with Gasteiger partial charge in [0.2, 0.25) is 0 Å². The number of carbonyl (C=O) groups excluding carboxylic acids is 1. The molecule has 146 valence electrons. The van der Waals surface area contributed by atoms with Gasteiger partial charge in [-0.3, -0.25) is 14.0 Å². The van der Waals surface area contributed by atoms with Gasteiger partial charge in [-0.2, -0.15) is 0 Å². The van der Waals surface area contributed by atoms with Crippen molar-refractivity contribution < 1.29 is 19.4 Å². The Bertz CT molecular complexity index is 1030. The summed E-state index contributed by atoms with van der Waals surface area (Å²) in [6.45, 7) is 4.13. The lowest BCUT2D eigenvalue weighted by Crippen LogP contribution is -2.14. The molecule has 3 aromatic rings. The maximum atomic E-state index is 13.1. The minimum atomic E-state index is -0.980. The lowest BCUT2D eigenvalue weighted by Gasteiger charge is -2.16. The Balaban J connectivity index is 1.98. The predicted molar refractivity (Wildman–Crippen MR) is 106 cm³/mol. The number of hydrogen-bond acceptors (Lipinski definition) is 4. The molecule has 0 saturated heterocycles. The van der Waals surface area contributed by atoms with Gasteiger partial charge in [-0.1, -0.05) is 29.8 Å². The topological polar surface area (TPSA) is 80.9 Å². The van der Waals surface area contributed by atoms with Gasteiger partial charge < -0.3 is 9.84 Å². The van der Waals surface area contributed by atoms with Crippen LogP contribution >= 0.6 is 11.6 Å². The molecule has 0 aliphatic heterocycles. The molecule has 0 spiro atoms. The molecule has 0 radical (unpaired) electrons. The summed E-state index contributed by atoms with van der Waals surface area (Å²) in [5, 5.41) is 9.77. The third-order valence-corrected chi connectivity index (χ3v) is 4.89. The Labute approximate surface area is 167 Å². The number of pyridine rings is 1. The van der Waals surface area contributed by atoms with Crippen LogP contribution in [0.15, 0.2) is 42.6 Å². The Morgan fingerprint density at radius 1 is 1.21 bits per heavy atom. The summed E-state index contributed by atoms with van der Waals surface area (Å²) >= 11 is 6.25. The average Bonchev–Trinajstić information content (AvgIpc) is 2.98. The number of ketones is 1. The van der Waals surface area contributed by atoms with Gasteiger partial charge in [0.25, 0.3) is 0 Å². The van der Waals surface area contributed by atoms with Crippen LogP contribution in [-0.4, -0.2) is 32.9 Å². The fraction of sp³-hybridized carbons (Fsp3) is 0.286. The second-order valence-corrected chi connectivity index (χ2v) is 6.90. The Hall–Kier alpha value is -2.86. The number of hydrogen-bond donors (Lipinski definition) is 1. The number of aromatic nitrogens is 2. The molecule has 0 bridgehead atoms. The summed E-state index contributed by atoms with van der Waals surface area (Å²) in [7, 11) is 0. The van der Waals surface area contributed by atoms with Crippen LogP contribution in [0.25, 0.3) is 5.65 Å². The standard InChI is InChI=1S/C21H21ClN2O4/c1-3-28-18-9-6-10-24-20(13(2)23-21(18)24)17(25)11-14(12-19(26)27)15-7-4-5-8-16(15)22/h4-10,14H,3,11-12H2,1-2H3,(H,26,27)/t14-/m0/s1. The first-order valence-electron chi connectivity index (χ1n) is 9.02. The quantitative estimate of drug-likeness (QED) is 0.562. The molecule has 0 aliphatic rings. The number of aliphatic carboxylic acids is 1. The molecule has 1 aromatic carbocycles. The van der Waals surface area contributed by atoms with Crippen molar-refractivity contribution in [1.82, 2.24) is 9.38 Å². The molecule has 1 N–H and O–H groups in total. The molecule has 0 unspecified atom stereocenters. The number of rotatable bonds is 8. The maximum absolute atomic E-state index is 13.1. The molecule has 0 aliphatic carbocycles. The van der Waals surface area contributed by atoms with Gasteiger partial charge in [-0.05, 0) is 37.6 Å². The Morgan fingerprint density at radius 3 is 2.64 bits per heavy atom. The number of nitrogens with zero attached hydrogens (tertiary/aromatic N) is 2. The molecule has 6 nitrogen and oxygen atoms in total. The van der Waals surface area contributed by atoms with Crippen LogP contribution in [0.4, 0.5) is 0 Å². The Morgan fingerprint density at radius 2 is 1.96 bits per heavy atom. The number of carbonyl (C=O) groups is 2. The van der Waals surface area contributed by atoms with Crippen molar-refractivity contribution in [2.75, 3.05) is 6.61 Å². The zero-order valence-corrected chi connectivity index (χ0v) is 16.4. The molecule has 28 heavy (non-hydrogen) atoms. The van der Waals surface area contributed by atoms with Gasteiger partial charge in [0, 0.05) is 23.6 Å². The number of aryl methyl sites for hydroxylation is 1. The second-order valence-electron chi connectivity index (χ2n) is 6.49. The zero-order valence-electron chi connectivity index (χ0n) is 15.7. The van der Waals surface area contributed by atoms with Crippen LogP contribution in [-0.2, 0) is 4.79 Å². The van der Waals surface area contributed by atoms with E-state index in [1.807, 2.05) is 6.92 Å². The van der Waals surface area contributed by atoms with E-state index in [9.17, 15) is 14.7 Å².